The van der Waals surface area contributed by atoms with Gasteiger partial charge in [-0.05, 0) is 50.7 Å². The van der Waals surface area contributed by atoms with E-state index in [1.807, 2.05) is 35.6 Å². The number of benzene rings is 1. The van der Waals surface area contributed by atoms with Gasteiger partial charge in [0.1, 0.15) is 22.1 Å². The van der Waals surface area contributed by atoms with Crippen LogP contribution in [0.25, 0.3) is 0 Å². The molecule has 0 aliphatic rings. The van der Waals surface area contributed by atoms with Crippen molar-refractivity contribution in [2.45, 2.75) is 13.3 Å². The van der Waals surface area contributed by atoms with E-state index in [4.69, 9.17) is 0 Å². The van der Waals surface area contributed by atoms with Crippen molar-refractivity contribution >= 4 is 50.0 Å². The number of anilines is 2. The van der Waals surface area contributed by atoms with Crippen LogP contribution in [-0.4, -0.2) is 9.97 Å². The van der Waals surface area contributed by atoms with Crippen molar-refractivity contribution in [3.63, 3.8) is 0 Å². The SMILES string of the molecule is CCc1nc(Br)cc(Nc2cccc(F)c2I)n1. The van der Waals surface area contributed by atoms with Crippen LogP contribution in [0.5, 0.6) is 0 Å². The second-order valence-electron chi connectivity index (χ2n) is 3.57. The summed E-state index contributed by atoms with van der Waals surface area (Å²) in [7, 11) is 0. The molecule has 0 aliphatic carbocycles. The maximum Gasteiger partial charge on any atom is 0.138 e. The van der Waals surface area contributed by atoms with Crippen LogP contribution in [-0.2, 0) is 6.42 Å². The Morgan fingerprint density at radius 2 is 2.17 bits per heavy atom. The summed E-state index contributed by atoms with van der Waals surface area (Å²) in [5.41, 5.74) is 0.697. The lowest BCUT2D eigenvalue weighted by molar-refractivity contribution is 0.621. The summed E-state index contributed by atoms with van der Waals surface area (Å²) in [4.78, 5) is 8.56. The Bertz CT molecular complexity index is 577. The van der Waals surface area contributed by atoms with E-state index in [1.165, 1.54) is 6.07 Å². The van der Waals surface area contributed by atoms with Crippen molar-refractivity contribution in [1.29, 1.82) is 0 Å². The Balaban J connectivity index is 2.34. The average molecular weight is 422 g/mol. The van der Waals surface area contributed by atoms with E-state index in [2.05, 4.69) is 31.2 Å². The van der Waals surface area contributed by atoms with E-state index in [0.29, 0.717) is 19.7 Å². The molecule has 1 aromatic heterocycles. The van der Waals surface area contributed by atoms with Gasteiger partial charge in [-0.25, -0.2) is 14.4 Å². The molecule has 0 amide bonds. The second kappa shape index (κ2) is 5.92. The van der Waals surface area contributed by atoms with Crippen molar-refractivity contribution in [1.82, 2.24) is 9.97 Å². The van der Waals surface area contributed by atoms with Crippen molar-refractivity contribution in [3.05, 3.63) is 44.1 Å². The summed E-state index contributed by atoms with van der Waals surface area (Å²) in [6.45, 7) is 1.98. The molecule has 0 radical (unpaired) electrons. The Kier molecular flexibility index (Phi) is 4.50. The quantitative estimate of drug-likeness (QED) is 0.593. The summed E-state index contributed by atoms with van der Waals surface area (Å²) >= 11 is 5.30. The molecule has 0 saturated heterocycles. The fraction of sp³-hybridized carbons (Fsp3) is 0.167. The van der Waals surface area contributed by atoms with Gasteiger partial charge in [0.2, 0.25) is 0 Å². The Labute approximate surface area is 127 Å². The van der Waals surface area contributed by atoms with Crippen LogP contribution in [0.15, 0.2) is 28.9 Å². The van der Waals surface area contributed by atoms with Gasteiger partial charge in [-0.15, -0.1) is 0 Å². The molecule has 0 saturated carbocycles. The highest BCUT2D eigenvalue weighted by atomic mass is 127. The molecule has 3 nitrogen and oxygen atoms in total. The molecule has 1 aromatic carbocycles. The number of halogens is 3. The first kappa shape index (κ1) is 13.7. The van der Waals surface area contributed by atoms with E-state index in [0.717, 1.165) is 12.2 Å². The zero-order valence-electron chi connectivity index (χ0n) is 9.54. The van der Waals surface area contributed by atoms with Crippen LogP contribution in [0.4, 0.5) is 15.9 Å². The predicted octanol–water partition coefficient (Wildman–Crippen LogP) is 4.29. The zero-order valence-corrected chi connectivity index (χ0v) is 13.3. The van der Waals surface area contributed by atoms with Crippen molar-refractivity contribution < 1.29 is 4.39 Å². The summed E-state index contributed by atoms with van der Waals surface area (Å²) in [5, 5.41) is 3.10. The number of nitrogens with zero attached hydrogens (tertiary/aromatic N) is 2. The zero-order chi connectivity index (χ0) is 13.1. The molecule has 0 fully saturated rings. The van der Waals surface area contributed by atoms with Gasteiger partial charge in [-0.3, -0.25) is 0 Å². The molecule has 18 heavy (non-hydrogen) atoms. The molecule has 1 N–H and O–H groups in total. The lowest BCUT2D eigenvalue weighted by Crippen LogP contribution is -2.01. The molecule has 94 valence electrons. The number of hydrogen-bond donors (Lipinski definition) is 1. The lowest BCUT2D eigenvalue weighted by Gasteiger charge is -2.09. The van der Waals surface area contributed by atoms with Crippen molar-refractivity contribution in [2.24, 2.45) is 0 Å². The minimum Gasteiger partial charge on any atom is -0.339 e. The van der Waals surface area contributed by atoms with Crippen LogP contribution in [0.1, 0.15) is 12.7 Å². The van der Waals surface area contributed by atoms with Crippen LogP contribution in [0, 0.1) is 9.39 Å². The van der Waals surface area contributed by atoms with Gasteiger partial charge in [0.15, 0.2) is 0 Å². The van der Waals surface area contributed by atoms with Crippen molar-refractivity contribution in [3.8, 4) is 0 Å². The highest BCUT2D eigenvalue weighted by Gasteiger charge is 2.07. The molecule has 0 spiro atoms. The molecule has 0 atom stereocenters. The van der Waals surface area contributed by atoms with Crippen LogP contribution in [0.2, 0.25) is 0 Å². The third-order valence-electron chi connectivity index (χ3n) is 2.27. The number of aryl methyl sites for hydroxylation is 1. The number of hydrogen-bond acceptors (Lipinski definition) is 3. The average Bonchev–Trinajstić information content (AvgIpc) is 2.34. The maximum absolute atomic E-state index is 13.4. The van der Waals surface area contributed by atoms with Crippen LogP contribution >= 0.6 is 38.5 Å². The van der Waals surface area contributed by atoms with E-state index in [9.17, 15) is 4.39 Å². The number of rotatable bonds is 3. The molecule has 1 heterocycles. The summed E-state index contributed by atoms with van der Waals surface area (Å²) in [6, 6.07) is 6.67. The first-order valence-corrected chi connectivity index (χ1v) is 7.22. The van der Waals surface area contributed by atoms with Gasteiger partial charge >= 0.3 is 0 Å². The van der Waals surface area contributed by atoms with Gasteiger partial charge in [-0.1, -0.05) is 13.0 Å². The highest BCUT2D eigenvalue weighted by Crippen LogP contribution is 2.24. The number of nitrogens with one attached hydrogen (secondary N) is 1. The first-order chi connectivity index (χ1) is 8.60. The fourth-order valence-electron chi connectivity index (χ4n) is 1.43. The third-order valence-corrected chi connectivity index (χ3v) is 3.77. The third kappa shape index (κ3) is 3.17. The largest absolute Gasteiger partial charge is 0.339 e. The monoisotopic (exact) mass is 421 g/mol. The van der Waals surface area contributed by atoms with Gasteiger partial charge in [0.25, 0.3) is 0 Å². The van der Waals surface area contributed by atoms with E-state index in [-0.39, 0.29) is 5.82 Å². The predicted molar refractivity (Wildman–Crippen MR) is 81.5 cm³/mol. The normalized spacial score (nSPS) is 10.4. The molecule has 0 aliphatic heterocycles. The Morgan fingerprint density at radius 1 is 1.39 bits per heavy atom. The minimum atomic E-state index is -0.246. The van der Waals surface area contributed by atoms with Crippen LogP contribution < -0.4 is 5.32 Å². The molecule has 2 aromatic rings. The summed E-state index contributed by atoms with van der Waals surface area (Å²) in [5.74, 6) is 1.14. The number of aromatic nitrogens is 2. The molecular formula is C12H10BrFIN3. The van der Waals surface area contributed by atoms with Gasteiger partial charge < -0.3 is 5.32 Å². The Hall–Kier alpha value is -0.760. The summed E-state index contributed by atoms with van der Waals surface area (Å²) < 4.78 is 14.7. The summed E-state index contributed by atoms with van der Waals surface area (Å²) in [6.07, 6.45) is 0.744. The van der Waals surface area contributed by atoms with Crippen LogP contribution in [0.3, 0.4) is 0 Å². The van der Waals surface area contributed by atoms with E-state index in [1.54, 1.807) is 12.1 Å². The molecule has 2 rings (SSSR count). The first-order valence-electron chi connectivity index (χ1n) is 5.34. The topological polar surface area (TPSA) is 37.8 Å². The second-order valence-corrected chi connectivity index (χ2v) is 5.46. The fourth-order valence-corrected chi connectivity index (χ4v) is 2.34. The van der Waals surface area contributed by atoms with Gasteiger partial charge in [0.05, 0.1) is 9.26 Å². The molecule has 0 unspecified atom stereocenters. The van der Waals surface area contributed by atoms with Gasteiger partial charge in [0, 0.05) is 12.5 Å². The highest BCUT2D eigenvalue weighted by molar-refractivity contribution is 14.1. The van der Waals surface area contributed by atoms with E-state index >= 15 is 0 Å². The van der Waals surface area contributed by atoms with Crippen molar-refractivity contribution in [2.75, 3.05) is 5.32 Å². The smallest absolute Gasteiger partial charge is 0.138 e. The maximum atomic E-state index is 13.4. The van der Waals surface area contributed by atoms with E-state index < -0.39 is 0 Å². The molecule has 6 heteroatoms. The molecule has 0 bridgehead atoms. The standard InChI is InChI=1S/C12H10BrFIN3/c1-2-10-17-9(13)6-11(18-10)16-8-5-3-4-7(14)12(8)15/h3-6H,2H2,1H3,(H,16,17,18). The Morgan fingerprint density at radius 3 is 2.89 bits per heavy atom. The minimum absolute atomic E-state index is 0.246. The molecular weight excluding hydrogens is 412 g/mol. The van der Waals surface area contributed by atoms with Gasteiger partial charge in [-0.2, -0.15) is 0 Å². The lowest BCUT2D eigenvalue weighted by atomic mass is 10.3.